The fourth-order valence-corrected chi connectivity index (χ4v) is 0.465. The number of amides is 2. The van der Waals surface area contributed by atoms with Gasteiger partial charge in [0.05, 0.1) is 11.8 Å². The van der Waals surface area contributed by atoms with E-state index in [0.29, 0.717) is 12.8 Å². The first-order chi connectivity index (χ1) is 3.29. The molecule has 2 amide bonds. The maximum Gasteiger partial charge on any atom is 1.00 e. The van der Waals surface area contributed by atoms with Crippen molar-refractivity contribution in [3.05, 3.63) is 5.32 Å². The van der Waals surface area contributed by atoms with Gasteiger partial charge in [0.15, 0.2) is 0 Å². The van der Waals surface area contributed by atoms with Crippen molar-refractivity contribution in [2.24, 2.45) is 0 Å². The number of hydrogen-bond donors (Lipinski definition) is 0. The number of hydrogen-bond acceptors (Lipinski definition) is 2. The standard InChI is InChI=1S/C4H5NO2.Au.H2O/c6-3-1-2-4(7)5-3;;/h1-2H2,(H,5,6,7);;1H2/q;+1;/p-1. The van der Waals surface area contributed by atoms with Gasteiger partial charge in [-0.05, 0) is 12.8 Å². The third-order valence-electron chi connectivity index (χ3n) is 0.802. The van der Waals surface area contributed by atoms with Crippen LogP contribution in [0.5, 0.6) is 0 Å². The number of rotatable bonds is 0. The third-order valence-corrected chi connectivity index (χ3v) is 0.802. The molecule has 0 radical (unpaired) electrons. The molecule has 1 aliphatic rings. The molecule has 0 saturated carbocycles. The van der Waals surface area contributed by atoms with Gasteiger partial charge in [0.25, 0.3) is 0 Å². The first-order valence-corrected chi connectivity index (χ1v) is 2.06. The Morgan fingerprint density at radius 3 is 1.56 bits per heavy atom. The minimum Gasteiger partial charge on any atom is -0.596 e. The molecule has 1 fully saturated rings. The Kier molecular flexibility index (Phi) is 6.06. The summed E-state index contributed by atoms with van der Waals surface area (Å²) in [5, 5.41) is 3.11. The quantitative estimate of drug-likeness (QED) is 0.441. The Morgan fingerprint density at radius 1 is 1.11 bits per heavy atom. The summed E-state index contributed by atoms with van der Waals surface area (Å²) in [6.45, 7) is 0. The minimum atomic E-state index is -0.273. The molecule has 1 saturated heterocycles. The van der Waals surface area contributed by atoms with E-state index >= 15 is 0 Å². The molecular weight excluding hydrogens is 307 g/mol. The van der Waals surface area contributed by atoms with Gasteiger partial charge in [0.2, 0.25) is 0 Å². The molecule has 0 bridgehead atoms. The summed E-state index contributed by atoms with van der Waals surface area (Å²) < 4.78 is 0. The van der Waals surface area contributed by atoms with Gasteiger partial charge in [-0.3, -0.25) is 0 Å². The molecule has 0 aliphatic carbocycles. The molecule has 2 N–H and O–H groups in total. The summed E-state index contributed by atoms with van der Waals surface area (Å²) in [5.74, 6) is -0.546. The number of carbonyl (C=O) groups excluding carboxylic acids is 2. The van der Waals surface area contributed by atoms with Crippen molar-refractivity contribution in [3.63, 3.8) is 0 Å². The van der Waals surface area contributed by atoms with Crippen molar-refractivity contribution in [1.82, 2.24) is 0 Å². The fraction of sp³-hybridized carbons (Fsp3) is 0.500. The molecule has 56 valence electrons. The Balaban J connectivity index is 0. The van der Waals surface area contributed by atoms with Gasteiger partial charge < -0.3 is 20.4 Å². The topological polar surface area (TPSA) is 79.7 Å². The fourth-order valence-electron chi connectivity index (χ4n) is 0.465. The first kappa shape index (κ1) is 11.6. The van der Waals surface area contributed by atoms with Crippen LogP contribution in [0.3, 0.4) is 0 Å². The van der Waals surface area contributed by atoms with Gasteiger partial charge in [0.1, 0.15) is 0 Å². The summed E-state index contributed by atoms with van der Waals surface area (Å²) in [7, 11) is 0. The molecule has 9 heavy (non-hydrogen) atoms. The summed E-state index contributed by atoms with van der Waals surface area (Å²) in [4.78, 5) is 20.1. The molecule has 5 heteroatoms. The Morgan fingerprint density at radius 2 is 1.44 bits per heavy atom. The van der Waals surface area contributed by atoms with Crippen LogP contribution < -0.4 is 0 Å². The average molecular weight is 313 g/mol. The zero-order valence-electron chi connectivity index (χ0n) is 4.48. The number of imide groups is 1. The van der Waals surface area contributed by atoms with Crippen molar-refractivity contribution < 1.29 is 37.4 Å². The van der Waals surface area contributed by atoms with E-state index in [-0.39, 0.29) is 39.7 Å². The Hall–Kier alpha value is -0.160. The maximum atomic E-state index is 10.1. The van der Waals surface area contributed by atoms with Crippen LogP contribution in [0.1, 0.15) is 12.8 Å². The summed E-state index contributed by atoms with van der Waals surface area (Å²) in [6, 6.07) is 0. The van der Waals surface area contributed by atoms with Crippen LogP contribution in [0.15, 0.2) is 0 Å². The minimum absolute atomic E-state index is 0. The number of nitrogens with zero attached hydrogens (tertiary/aromatic N) is 1. The van der Waals surface area contributed by atoms with Crippen LogP contribution in [0, 0.1) is 0 Å². The van der Waals surface area contributed by atoms with Gasteiger partial charge in [-0.25, -0.2) is 0 Å². The van der Waals surface area contributed by atoms with E-state index in [0.717, 1.165) is 0 Å². The monoisotopic (exact) mass is 313 g/mol. The largest absolute Gasteiger partial charge is 1.00 e. The van der Waals surface area contributed by atoms with Gasteiger partial charge in [-0.15, -0.1) is 0 Å². The predicted octanol–water partition coefficient (Wildman–Crippen LogP) is -0.620. The molecule has 1 rings (SSSR count). The predicted molar refractivity (Wildman–Crippen MR) is 26.2 cm³/mol. The van der Waals surface area contributed by atoms with Gasteiger partial charge in [0, 0.05) is 0 Å². The van der Waals surface area contributed by atoms with Gasteiger partial charge >= 0.3 is 22.4 Å². The second-order valence-electron chi connectivity index (χ2n) is 1.40. The van der Waals surface area contributed by atoms with Crippen molar-refractivity contribution in [2.75, 3.05) is 0 Å². The van der Waals surface area contributed by atoms with E-state index in [9.17, 15) is 9.59 Å². The van der Waals surface area contributed by atoms with E-state index in [1.807, 2.05) is 0 Å². The smallest absolute Gasteiger partial charge is 0.596 e. The van der Waals surface area contributed by atoms with Crippen molar-refractivity contribution in [3.8, 4) is 0 Å². The number of carbonyl (C=O) groups is 2. The van der Waals surface area contributed by atoms with Crippen LogP contribution in [-0.4, -0.2) is 17.3 Å². The van der Waals surface area contributed by atoms with E-state index in [1.165, 1.54) is 0 Å². The van der Waals surface area contributed by atoms with E-state index in [4.69, 9.17) is 0 Å². The van der Waals surface area contributed by atoms with Crippen molar-refractivity contribution in [1.29, 1.82) is 0 Å². The molecule has 0 aromatic heterocycles. The summed E-state index contributed by atoms with van der Waals surface area (Å²) in [6.07, 6.45) is 0.637. The molecule has 0 unspecified atom stereocenters. The molecule has 0 aromatic rings. The molecule has 1 heterocycles. The van der Waals surface area contributed by atoms with Crippen LogP contribution in [0.2, 0.25) is 0 Å². The van der Waals surface area contributed by atoms with Crippen LogP contribution in [-0.2, 0) is 32.0 Å². The Bertz CT molecular complexity index is 111. The summed E-state index contributed by atoms with van der Waals surface area (Å²) >= 11 is 0. The van der Waals surface area contributed by atoms with E-state index in [1.54, 1.807) is 0 Å². The zero-order chi connectivity index (χ0) is 5.28. The van der Waals surface area contributed by atoms with Crippen LogP contribution >= 0.6 is 0 Å². The maximum absolute atomic E-state index is 10.1. The molecular formula is C4H6AuNO3. The van der Waals surface area contributed by atoms with Crippen molar-refractivity contribution >= 4 is 11.8 Å². The molecule has 1 aliphatic heterocycles. The van der Waals surface area contributed by atoms with Crippen LogP contribution in [0.4, 0.5) is 0 Å². The van der Waals surface area contributed by atoms with E-state index < -0.39 is 0 Å². The SMILES string of the molecule is O.O=C1CCC(=O)[N-]1.[Au+]. The van der Waals surface area contributed by atoms with Gasteiger partial charge in [-0.2, -0.15) is 0 Å². The van der Waals surface area contributed by atoms with E-state index in [2.05, 4.69) is 5.32 Å². The first-order valence-electron chi connectivity index (χ1n) is 2.06. The van der Waals surface area contributed by atoms with Gasteiger partial charge in [-0.1, -0.05) is 0 Å². The third kappa shape index (κ3) is 3.42. The average Bonchev–Trinajstić information content (AvgIpc) is 1.87. The summed E-state index contributed by atoms with van der Waals surface area (Å²) in [5.41, 5.74) is 0. The zero-order valence-corrected chi connectivity index (χ0v) is 6.65. The normalized spacial score (nSPS) is 15.6. The second kappa shape index (κ2) is 4.69. The molecule has 0 aromatic carbocycles. The molecule has 0 spiro atoms. The molecule has 0 atom stereocenters. The Labute approximate surface area is 67.8 Å². The second-order valence-corrected chi connectivity index (χ2v) is 1.40. The van der Waals surface area contributed by atoms with Crippen molar-refractivity contribution in [2.45, 2.75) is 12.8 Å². The molecule has 4 nitrogen and oxygen atoms in total. The van der Waals surface area contributed by atoms with Crippen LogP contribution in [0.25, 0.3) is 5.32 Å².